The molecule has 37 heavy (non-hydrogen) atoms. The van der Waals surface area contributed by atoms with E-state index in [1.54, 1.807) is 57.0 Å². The zero-order chi connectivity index (χ0) is 28.0. The first-order valence-corrected chi connectivity index (χ1v) is 12.5. The molecule has 8 heteroatoms. The average molecular weight is 512 g/mol. The number of aryl methyl sites for hydroxylation is 1. The maximum atomic E-state index is 13.9. The van der Waals surface area contributed by atoms with Crippen molar-refractivity contribution in [1.29, 1.82) is 0 Å². The third-order valence-corrected chi connectivity index (χ3v) is 6.37. The first-order valence-electron chi connectivity index (χ1n) is 12.5. The SMILES string of the molecule is CCC(C)(C)N(C(=O)CNC(=O)OC(C)(C)C)C(C(=O)Nc1ccc(OC)cc1)c1cccc(C)c1C. The van der Waals surface area contributed by atoms with Crippen molar-refractivity contribution in [3.63, 3.8) is 0 Å². The van der Waals surface area contributed by atoms with Gasteiger partial charge in [-0.3, -0.25) is 9.59 Å². The number of anilines is 1. The van der Waals surface area contributed by atoms with Crippen molar-refractivity contribution in [2.45, 2.75) is 79.0 Å². The Bertz CT molecular complexity index is 1100. The Kier molecular flexibility index (Phi) is 9.73. The number of hydrogen-bond donors (Lipinski definition) is 2. The topological polar surface area (TPSA) is 97.0 Å². The Morgan fingerprint density at radius 3 is 2.14 bits per heavy atom. The number of methoxy groups -OCH3 is 1. The first-order chi connectivity index (χ1) is 17.2. The zero-order valence-corrected chi connectivity index (χ0v) is 23.5. The Hall–Kier alpha value is -3.55. The molecule has 8 nitrogen and oxygen atoms in total. The van der Waals surface area contributed by atoms with Gasteiger partial charge in [0.1, 0.15) is 23.9 Å². The predicted molar refractivity (Wildman–Crippen MR) is 146 cm³/mol. The Morgan fingerprint density at radius 1 is 0.973 bits per heavy atom. The van der Waals surface area contributed by atoms with Gasteiger partial charge < -0.3 is 25.0 Å². The molecule has 0 aliphatic rings. The normalized spacial score (nSPS) is 12.4. The van der Waals surface area contributed by atoms with Crippen molar-refractivity contribution < 1.29 is 23.9 Å². The molecule has 0 aliphatic carbocycles. The van der Waals surface area contributed by atoms with Crippen LogP contribution in [0.2, 0.25) is 0 Å². The van der Waals surface area contributed by atoms with Crippen LogP contribution in [0, 0.1) is 13.8 Å². The molecule has 1 unspecified atom stereocenters. The molecule has 0 saturated heterocycles. The van der Waals surface area contributed by atoms with Gasteiger partial charge in [0.05, 0.1) is 7.11 Å². The molecule has 0 saturated carbocycles. The number of ether oxygens (including phenoxy) is 2. The van der Waals surface area contributed by atoms with E-state index in [2.05, 4.69) is 10.6 Å². The summed E-state index contributed by atoms with van der Waals surface area (Å²) in [6.45, 7) is 14.6. The van der Waals surface area contributed by atoms with Crippen LogP contribution < -0.4 is 15.4 Å². The first kappa shape index (κ1) is 29.7. The van der Waals surface area contributed by atoms with E-state index >= 15 is 0 Å². The fraction of sp³-hybridized carbons (Fsp3) is 0.483. The van der Waals surface area contributed by atoms with Gasteiger partial charge in [0.2, 0.25) is 5.91 Å². The van der Waals surface area contributed by atoms with Crippen molar-refractivity contribution in [1.82, 2.24) is 10.2 Å². The smallest absolute Gasteiger partial charge is 0.408 e. The molecule has 0 heterocycles. The lowest BCUT2D eigenvalue weighted by Gasteiger charge is -2.43. The lowest BCUT2D eigenvalue weighted by atomic mass is 9.90. The van der Waals surface area contributed by atoms with Crippen LogP contribution >= 0.6 is 0 Å². The standard InChI is InChI=1S/C29H41N3O5/c1-10-29(7,8)32(24(33)18-30-27(35)37-28(4,5)6)25(23-13-11-12-19(2)20(23)3)26(34)31-21-14-16-22(36-9)17-15-21/h11-17,25H,10,18H2,1-9H3,(H,30,35)(H,31,34). The van der Waals surface area contributed by atoms with Gasteiger partial charge >= 0.3 is 6.09 Å². The van der Waals surface area contributed by atoms with Gasteiger partial charge in [-0.15, -0.1) is 0 Å². The number of nitrogens with one attached hydrogen (secondary N) is 2. The van der Waals surface area contributed by atoms with Gasteiger partial charge in [0.15, 0.2) is 0 Å². The van der Waals surface area contributed by atoms with E-state index in [-0.39, 0.29) is 12.5 Å². The van der Waals surface area contributed by atoms with Crippen LogP contribution in [0.1, 0.15) is 70.7 Å². The van der Waals surface area contributed by atoms with Crippen molar-refractivity contribution in [2.75, 3.05) is 19.0 Å². The Morgan fingerprint density at radius 2 is 1.59 bits per heavy atom. The fourth-order valence-corrected chi connectivity index (χ4v) is 3.90. The largest absolute Gasteiger partial charge is 0.497 e. The highest BCUT2D eigenvalue weighted by Gasteiger charge is 2.40. The van der Waals surface area contributed by atoms with E-state index in [4.69, 9.17) is 9.47 Å². The molecule has 2 rings (SSSR count). The molecule has 3 amide bonds. The molecule has 1 atom stereocenters. The number of hydrogen-bond acceptors (Lipinski definition) is 5. The minimum absolute atomic E-state index is 0.310. The molecule has 0 bridgehead atoms. The number of nitrogens with zero attached hydrogens (tertiary/aromatic N) is 1. The molecule has 202 valence electrons. The second-order valence-electron chi connectivity index (χ2n) is 10.7. The molecular weight excluding hydrogens is 470 g/mol. The zero-order valence-electron chi connectivity index (χ0n) is 23.5. The van der Waals surface area contributed by atoms with Crippen LogP contribution in [0.25, 0.3) is 0 Å². The summed E-state index contributed by atoms with van der Waals surface area (Å²) < 4.78 is 10.5. The number of rotatable bonds is 9. The summed E-state index contributed by atoms with van der Waals surface area (Å²) in [5, 5.41) is 5.52. The van der Waals surface area contributed by atoms with Crippen LogP contribution in [0.15, 0.2) is 42.5 Å². The summed E-state index contributed by atoms with van der Waals surface area (Å²) in [5.74, 6) is -0.0827. The van der Waals surface area contributed by atoms with Gasteiger partial charge in [0, 0.05) is 11.2 Å². The minimum atomic E-state index is -0.940. The summed E-state index contributed by atoms with van der Waals surface area (Å²) in [5.41, 5.74) is 1.82. The highest BCUT2D eigenvalue weighted by atomic mass is 16.6. The maximum Gasteiger partial charge on any atom is 0.408 e. The van der Waals surface area contributed by atoms with E-state index in [0.717, 1.165) is 16.7 Å². The summed E-state index contributed by atoms with van der Waals surface area (Å²) in [4.78, 5) is 41.5. The van der Waals surface area contributed by atoms with Crippen molar-refractivity contribution >= 4 is 23.6 Å². The third kappa shape index (κ3) is 7.97. The van der Waals surface area contributed by atoms with Crippen molar-refractivity contribution in [3.8, 4) is 5.75 Å². The average Bonchev–Trinajstić information content (AvgIpc) is 2.82. The predicted octanol–water partition coefficient (Wildman–Crippen LogP) is 5.53. The summed E-state index contributed by atoms with van der Waals surface area (Å²) in [6, 6.07) is 11.8. The second-order valence-corrected chi connectivity index (χ2v) is 10.7. The van der Waals surface area contributed by atoms with Crippen LogP contribution in [0.4, 0.5) is 10.5 Å². The van der Waals surface area contributed by atoms with Crippen molar-refractivity contribution in [3.05, 3.63) is 59.2 Å². The van der Waals surface area contributed by atoms with Gasteiger partial charge in [-0.1, -0.05) is 25.1 Å². The van der Waals surface area contributed by atoms with E-state index < -0.39 is 29.2 Å². The lowest BCUT2D eigenvalue weighted by Crippen LogP contribution is -2.55. The molecule has 0 aliphatic heterocycles. The van der Waals surface area contributed by atoms with E-state index in [1.807, 2.05) is 52.8 Å². The summed E-state index contributed by atoms with van der Waals surface area (Å²) in [6.07, 6.45) is -0.108. The molecule has 2 aromatic rings. The quantitative estimate of drug-likeness (QED) is 0.461. The number of carbonyl (C=O) groups excluding carboxylic acids is 3. The van der Waals surface area contributed by atoms with Gasteiger partial charge in [-0.05, 0) is 95.8 Å². The second kappa shape index (κ2) is 12.1. The molecule has 2 N–H and O–H groups in total. The number of alkyl carbamates (subject to hydrolysis) is 1. The Labute approximate surface area is 220 Å². The summed E-state index contributed by atoms with van der Waals surface area (Å²) >= 11 is 0. The molecule has 0 aromatic heterocycles. The van der Waals surface area contributed by atoms with Crippen LogP contribution in [0.5, 0.6) is 5.75 Å². The highest BCUT2D eigenvalue weighted by Crippen LogP contribution is 2.34. The minimum Gasteiger partial charge on any atom is -0.497 e. The molecular formula is C29H41N3O5. The van der Waals surface area contributed by atoms with Gasteiger partial charge in [-0.25, -0.2) is 4.79 Å². The molecule has 0 radical (unpaired) electrons. The van der Waals surface area contributed by atoms with E-state index in [9.17, 15) is 14.4 Å². The van der Waals surface area contributed by atoms with Crippen molar-refractivity contribution in [2.24, 2.45) is 0 Å². The van der Waals surface area contributed by atoms with Crippen LogP contribution in [-0.4, -0.2) is 47.6 Å². The van der Waals surface area contributed by atoms with E-state index in [0.29, 0.717) is 17.9 Å². The number of amides is 3. The third-order valence-electron chi connectivity index (χ3n) is 6.37. The molecule has 0 fully saturated rings. The molecule has 2 aromatic carbocycles. The fourth-order valence-electron chi connectivity index (χ4n) is 3.90. The maximum absolute atomic E-state index is 13.9. The highest BCUT2D eigenvalue weighted by molar-refractivity contribution is 5.99. The number of benzene rings is 2. The van der Waals surface area contributed by atoms with Crippen LogP contribution in [0.3, 0.4) is 0 Å². The number of carbonyl (C=O) groups is 3. The molecule has 0 spiro atoms. The summed E-state index contributed by atoms with van der Waals surface area (Å²) in [7, 11) is 1.58. The lowest BCUT2D eigenvalue weighted by molar-refractivity contribution is -0.145. The van der Waals surface area contributed by atoms with E-state index in [1.165, 1.54) is 0 Å². The Balaban J connectivity index is 2.51. The van der Waals surface area contributed by atoms with Gasteiger partial charge in [-0.2, -0.15) is 0 Å². The van der Waals surface area contributed by atoms with Gasteiger partial charge in [0.25, 0.3) is 5.91 Å². The monoisotopic (exact) mass is 511 g/mol. The van der Waals surface area contributed by atoms with Crippen LogP contribution in [-0.2, 0) is 14.3 Å².